The summed E-state index contributed by atoms with van der Waals surface area (Å²) in [7, 11) is 0. The van der Waals surface area contributed by atoms with Gasteiger partial charge < -0.3 is 5.73 Å². The van der Waals surface area contributed by atoms with Crippen LogP contribution < -0.4 is 5.73 Å². The molecule has 3 rings (SSSR count). The second-order valence-electron chi connectivity index (χ2n) is 7.02. The summed E-state index contributed by atoms with van der Waals surface area (Å²) >= 11 is 1.70. The number of aromatic nitrogens is 2. The zero-order valence-electron chi connectivity index (χ0n) is 16.7. The van der Waals surface area contributed by atoms with Gasteiger partial charge in [0.15, 0.2) is 0 Å². The van der Waals surface area contributed by atoms with E-state index in [-0.39, 0.29) is 0 Å². The van der Waals surface area contributed by atoms with Gasteiger partial charge in [0.1, 0.15) is 17.0 Å². The molecule has 0 fully saturated rings. The predicted octanol–water partition coefficient (Wildman–Crippen LogP) is 5.34. The number of benzene rings is 1. The number of thioether (sulfide) groups is 1. The molecule has 5 heteroatoms. The van der Waals surface area contributed by atoms with Gasteiger partial charge in [0.25, 0.3) is 5.91 Å². The second kappa shape index (κ2) is 7.77. The third kappa shape index (κ3) is 3.48. The summed E-state index contributed by atoms with van der Waals surface area (Å²) in [4.78, 5) is 18.4. The number of hydrogen-bond donors (Lipinski definition) is 1. The lowest BCUT2D eigenvalue weighted by molar-refractivity contribution is 0.0995. The number of hydrogen-bond acceptors (Lipinski definition) is 3. The van der Waals surface area contributed by atoms with Crippen molar-refractivity contribution >= 4 is 23.3 Å². The van der Waals surface area contributed by atoms with Gasteiger partial charge in [0.2, 0.25) is 0 Å². The van der Waals surface area contributed by atoms with Crippen molar-refractivity contribution in [3.63, 3.8) is 0 Å². The lowest BCUT2D eigenvalue weighted by Gasteiger charge is -2.14. The number of imidazole rings is 1. The van der Waals surface area contributed by atoms with Crippen LogP contribution >= 0.6 is 11.8 Å². The largest absolute Gasteiger partial charge is 0.364 e. The maximum absolute atomic E-state index is 12.4. The minimum absolute atomic E-state index is 0.452. The smallest absolute Gasteiger partial charge is 0.268 e. The fourth-order valence-electron chi connectivity index (χ4n) is 3.77. The van der Waals surface area contributed by atoms with Crippen molar-refractivity contribution < 1.29 is 4.79 Å². The average molecular weight is 382 g/mol. The van der Waals surface area contributed by atoms with E-state index in [1.807, 2.05) is 30.5 Å². The molecule has 0 bridgehead atoms. The van der Waals surface area contributed by atoms with E-state index < -0.39 is 5.91 Å². The molecule has 2 aromatic heterocycles. The molecule has 4 nitrogen and oxygen atoms in total. The second-order valence-corrected chi connectivity index (χ2v) is 7.90. The Hall–Kier alpha value is -2.27. The first kappa shape index (κ1) is 19.5. The van der Waals surface area contributed by atoms with Crippen molar-refractivity contribution in [2.45, 2.75) is 51.3 Å². The van der Waals surface area contributed by atoms with E-state index in [9.17, 15) is 4.79 Å². The number of carbonyl (C=O) groups is 1. The molecule has 0 aliphatic heterocycles. The van der Waals surface area contributed by atoms with Crippen molar-refractivity contribution in [1.82, 2.24) is 9.38 Å². The third-order valence-corrected chi connectivity index (χ3v) is 6.03. The van der Waals surface area contributed by atoms with Gasteiger partial charge in [0, 0.05) is 16.7 Å². The molecule has 0 saturated carbocycles. The Morgan fingerprint density at radius 1 is 1.19 bits per heavy atom. The zero-order chi connectivity index (χ0) is 19.7. The van der Waals surface area contributed by atoms with Gasteiger partial charge in [-0.2, -0.15) is 0 Å². The molecule has 1 amide bonds. The predicted molar refractivity (Wildman–Crippen MR) is 114 cm³/mol. The van der Waals surface area contributed by atoms with Crippen LogP contribution in [0.1, 0.15) is 59.8 Å². The molecule has 0 atom stereocenters. The van der Waals surface area contributed by atoms with Gasteiger partial charge in [-0.05, 0) is 67.7 Å². The lowest BCUT2D eigenvalue weighted by atomic mass is 9.94. The molecular weight excluding hydrogens is 354 g/mol. The van der Waals surface area contributed by atoms with Gasteiger partial charge in [-0.1, -0.05) is 26.0 Å². The molecule has 27 heavy (non-hydrogen) atoms. The average Bonchev–Trinajstić information content (AvgIpc) is 3.02. The number of aryl methyl sites for hydroxylation is 2. The van der Waals surface area contributed by atoms with E-state index in [4.69, 9.17) is 10.7 Å². The van der Waals surface area contributed by atoms with E-state index in [1.54, 1.807) is 11.8 Å². The van der Waals surface area contributed by atoms with Crippen LogP contribution in [0.5, 0.6) is 0 Å². The summed E-state index contributed by atoms with van der Waals surface area (Å²) in [6.45, 7) is 8.48. The Labute approximate surface area is 165 Å². The van der Waals surface area contributed by atoms with Crippen molar-refractivity contribution in [2.75, 3.05) is 6.26 Å². The molecule has 0 radical (unpaired) electrons. The molecule has 2 N–H and O–H groups in total. The molecule has 0 unspecified atom stereocenters. The van der Waals surface area contributed by atoms with E-state index in [2.05, 4.69) is 38.3 Å². The maximum Gasteiger partial charge on any atom is 0.268 e. The van der Waals surface area contributed by atoms with Gasteiger partial charge in [0.05, 0.1) is 0 Å². The first-order valence-corrected chi connectivity index (χ1v) is 10.6. The third-order valence-electron chi connectivity index (χ3n) is 5.30. The molecule has 3 aromatic rings. The van der Waals surface area contributed by atoms with Crippen LogP contribution in [-0.4, -0.2) is 21.5 Å². The van der Waals surface area contributed by atoms with Crippen molar-refractivity contribution in [3.05, 3.63) is 52.8 Å². The maximum atomic E-state index is 12.4. The number of carbonyl (C=O) groups excluding carboxylic acids is 1. The summed E-state index contributed by atoms with van der Waals surface area (Å²) in [5.41, 5.74) is 12.1. The SMILES string of the molecule is CCC(CC)c1cc(C)c2nc(-c3ccc(SC)cc3C)c(C(N)=O)n2c1. The minimum atomic E-state index is -0.452. The fraction of sp³-hybridized carbons (Fsp3) is 0.364. The van der Waals surface area contributed by atoms with Crippen LogP contribution in [-0.2, 0) is 0 Å². The minimum Gasteiger partial charge on any atom is -0.364 e. The van der Waals surface area contributed by atoms with Gasteiger partial charge in [-0.3, -0.25) is 9.20 Å². The summed E-state index contributed by atoms with van der Waals surface area (Å²) in [6.07, 6.45) is 6.22. The van der Waals surface area contributed by atoms with Gasteiger partial charge >= 0.3 is 0 Å². The van der Waals surface area contributed by atoms with Gasteiger partial charge in [-0.15, -0.1) is 11.8 Å². The Bertz CT molecular complexity index is 1000. The number of nitrogens with two attached hydrogens (primary N) is 1. The van der Waals surface area contributed by atoms with Crippen LogP contribution in [0.4, 0.5) is 0 Å². The fourth-order valence-corrected chi connectivity index (χ4v) is 4.27. The van der Waals surface area contributed by atoms with Crippen LogP contribution in [0.15, 0.2) is 35.4 Å². The van der Waals surface area contributed by atoms with E-state index in [1.165, 1.54) is 10.5 Å². The Kier molecular flexibility index (Phi) is 5.61. The van der Waals surface area contributed by atoms with Crippen molar-refractivity contribution in [2.24, 2.45) is 5.73 Å². The van der Waals surface area contributed by atoms with E-state index >= 15 is 0 Å². The van der Waals surface area contributed by atoms with Crippen LogP contribution in [0.25, 0.3) is 16.9 Å². The molecule has 142 valence electrons. The number of pyridine rings is 1. The molecule has 2 heterocycles. The number of primary amides is 1. The summed E-state index contributed by atoms with van der Waals surface area (Å²) in [5, 5.41) is 0. The number of fused-ring (bicyclic) bond motifs is 1. The summed E-state index contributed by atoms with van der Waals surface area (Å²) in [6, 6.07) is 8.41. The first-order valence-electron chi connectivity index (χ1n) is 9.38. The molecule has 0 aliphatic carbocycles. The highest BCUT2D eigenvalue weighted by Crippen LogP contribution is 2.32. The molecule has 1 aromatic carbocycles. The first-order chi connectivity index (χ1) is 12.9. The summed E-state index contributed by atoms with van der Waals surface area (Å²) < 4.78 is 1.89. The number of nitrogens with zero attached hydrogens (tertiary/aromatic N) is 2. The number of amides is 1. The standard InChI is InChI=1S/C22H27N3OS/c1-6-15(7-2)16-10-14(4)22-24-19(20(21(23)26)25(22)12-16)18-9-8-17(27-5)11-13(18)3/h8-12,15H,6-7H2,1-5H3,(H2,23,26). The monoisotopic (exact) mass is 381 g/mol. The van der Waals surface area contributed by atoms with Crippen LogP contribution in [0.2, 0.25) is 0 Å². The van der Waals surface area contributed by atoms with E-state index in [0.29, 0.717) is 17.3 Å². The Balaban J connectivity index is 2.30. The Morgan fingerprint density at radius 3 is 2.44 bits per heavy atom. The molecule has 0 spiro atoms. The van der Waals surface area contributed by atoms with Crippen molar-refractivity contribution in [3.8, 4) is 11.3 Å². The van der Waals surface area contributed by atoms with Crippen molar-refractivity contribution in [1.29, 1.82) is 0 Å². The number of rotatable bonds is 6. The molecule has 0 saturated heterocycles. The topological polar surface area (TPSA) is 60.4 Å². The van der Waals surface area contributed by atoms with Gasteiger partial charge in [-0.25, -0.2) is 4.98 Å². The lowest BCUT2D eigenvalue weighted by Crippen LogP contribution is -2.15. The zero-order valence-corrected chi connectivity index (χ0v) is 17.5. The Morgan fingerprint density at radius 2 is 1.89 bits per heavy atom. The highest BCUT2D eigenvalue weighted by atomic mass is 32.2. The highest BCUT2D eigenvalue weighted by molar-refractivity contribution is 7.98. The summed E-state index contributed by atoms with van der Waals surface area (Å²) in [5.74, 6) is 0.00853. The molecule has 0 aliphatic rings. The van der Waals surface area contributed by atoms with Crippen LogP contribution in [0, 0.1) is 13.8 Å². The normalized spacial score (nSPS) is 11.5. The van der Waals surface area contributed by atoms with Crippen LogP contribution in [0.3, 0.4) is 0 Å². The highest BCUT2D eigenvalue weighted by Gasteiger charge is 2.22. The quantitative estimate of drug-likeness (QED) is 0.586. The van der Waals surface area contributed by atoms with E-state index in [0.717, 1.165) is 35.2 Å². The molecular formula is C22H27N3OS.